The molecule has 6 heteroatoms. The number of urea groups is 1. The van der Waals surface area contributed by atoms with Crippen LogP contribution < -0.4 is 5.32 Å². The maximum Gasteiger partial charge on any atom is 0.322 e. The monoisotopic (exact) mass is 328 g/mol. The van der Waals surface area contributed by atoms with Crippen molar-refractivity contribution < 1.29 is 9.90 Å². The SMILES string of the molecule is CC(C)Sc1c(Cl)cccc1NC(=O)N1CCCC1CO. The zero-order chi connectivity index (χ0) is 15.4. The smallest absolute Gasteiger partial charge is 0.322 e. The standard InChI is InChI=1S/C15H21ClN2O2S/c1-10(2)21-14-12(16)6-3-7-13(14)17-15(20)18-8-4-5-11(18)9-19/h3,6-7,10-11,19H,4-5,8-9H2,1-2H3,(H,17,20). The second-order valence-electron chi connectivity index (χ2n) is 5.39. The van der Waals surface area contributed by atoms with Crippen molar-refractivity contribution in [1.82, 2.24) is 4.90 Å². The van der Waals surface area contributed by atoms with Crippen LogP contribution in [0, 0.1) is 0 Å². The summed E-state index contributed by atoms with van der Waals surface area (Å²) in [4.78, 5) is 15.0. The molecule has 21 heavy (non-hydrogen) atoms. The summed E-state index contributed by atoms with van der Waals surface area (Å²) in [5, 5.41) is 13.3. The van der Waals surface area contributed by atoms with Crippen LogP contribution in [0.25, 0.3) is 0 Å². The molecule has 0 spiro atoms. The van der Waals surface area contributed by atoms with Gasteiger partial charge in [0, 0.05) is 16.7 Å². The summed E-state index contributed by atoms with van der Waals surface area (Å²) in [6.07, 6.45) is 1.79. The Bertz CT molecular complexity index is 510. The Morgan fingerprint density at radius 3 is 3.00 bits per heavy atom. The fourth-order valence-corrected chi connectivity index (χ4v) is 3.65. The third-order valence-electron chi connectivity index (χ3n) is 3.41. The topological polar surface area (TPSA) is 52.6 Å². The lowest BCUT2D eigenvalue weighted by molar-refractivity contribution is 0.166. The Kier molecular flexibility index (Phi) is 5.79. The second kappa shape index (κ2) is 7.38. The molecule has 1 saturated heterocycles. The fraction of sp³-hybridized carbons (Fsp3) is 0.533. The van der Waals surface area contributed by atoms with Crippen molar-refractivity contribution in [1.29, 1.82) is 0 Å². The third kappa shape index (κ3) is 4.05. The average molecular weight is 329 g/mol. The predicted molar refractivity (Wildman–Crippen MR) is 88.3 cm³/mol. The summed E-state index contributed by atoms with van der Waals surface area (Å²) in [7, 11) is 0. The molecule has 1 aromatic rings. The van der Waals surface area contributed by atoms with Crippen molar-refractivity contribution in [2.24, 2.45) is 0 Å². The van der Waals surface area contributed by atoms with Crippen LogP contribution in [-0.4, -0.2) is 40.5 Å². The van der Waals surface area contributed by atoms with E-state index >= 15 is 0 Å². The summed E-state index contributed by atoms with van der Waals surface area (Å²) in [5.41, 5.74) is 0.731. The van der Waals surface area contributed by atoms with E-state index in [1.54, 1.807) is 16.7 Å². The summed E-state index contributed by atoms with van der Waals surface area (Å²) in [6.45, 7) is 4.87. The van der Waals surface area contributed by atoms with E-state index in [9.17, 15) is 9.90 Å². The molecule has 1 atom stereocenters. The van der Waals surface area contributed by atoms with Crippen LogP contribution in [0.1, 0.15) is 26.7 Å². The number of aliphatic hydroxyl groups excluding tert-OH is 1. The number of halogens is 1. The molecule has 0 bridgehead atoms. The number of aliphatic hydroxyl groups is 1. The molecule has 2 amide bonds. The minimum Gasteiger partial charge on any atom is -0.394 e. The van der Waals surface area contributed by atoms with E-state index in [1.165, 1.54) is 0 Å². The van der Waals surface area contributed by atoms with E-state index in [0.29, 0.717) is 16.8 Å². The van der Waals surface area contributed by atoms with E-state index in [4.69, 9.17) is 11.6 Å². The van der Waals surface area contributed by atoms with Gasteiger partial charge in [-0.25, -0.2) is 4.79 Å². The van der Waals surface area contributed by atoms with Crippen LogP contribution in [0.5, 0.6) is 0 Å². The number of hydrogen-bond donors (Lipinski definition) is 2. The molecule has 0 radical (unpaired) electrons. The first kappa shape index (κ1) is 16.5. The molecule has 1 aliphatic heterocycles. The molecule has 1 fully saturated rings. The van der Waals surface area contributed by atoms with E-state index in [1.807, 2.05) is 18.2 Å². The lowest BCUT2D eigenvalue weighted by Gasteiger charge is -2.24. The van der Waals surface area contributed by atoms with Crippen LogP contribution in [0.4, 0.5) is 10.5 Å². The number of rotatable bonds is 4. The summed E-state index contributed by atoms with van der Waals surface area (Å²) < 4.78 is 0. The summed E-state index contributed by atoms with van der Waals surface area (Å²) >= 11 is 7.87. The van der Waals surface area contributed by atoms with Crippen molar-refractivity contribution in [3.05, 3.63) is 23.2 Å². The average Bonchev–Trinajstić information content (AvgIpc) is 2.90. The van der Waals surface area contributed by atoms with Crippen molar-refractivity contribution in [2.75, 3.05) is 18.5 Å². The van der Waals surface area contributed by atoms with E-state index in [-0.39, 0.29) is 18.7 Å². The molecule has 0 aromatic heterocycles. The van der Waals surface area contributed by atoms with Gasteiger partial charge in [0.2, 0.25) is 0 Å². The van der Waals surface area contributed by atoms with Gasteiger partial charge in [0.05, 0.1) is 23.4 Å². The molecule has 2 rings (SSSR count). The van der Waals surface area contributed by atoms with Gasteiger partial charge in [-0.1, -0.05) is 31.5 Å². The molecule has 1 unspecified atom stereocenters. The molecule has 1 aromatic carbocycles. The highest BCUT2D eigenvalue weighted by molar-refractivity contribution is 8.00. The summed E-state index contributed by atoms with van der Waals surface area (Å²) in [5.74, 6) is 0. The highest BCUT2D eigenvalue weighted by Crippen LogP contribution is 2.36. The highest BCUT2D eigenvalue weighted by atomic mass is 35.5. The predicted octanol–water partition coefficient (Wildman–Crippen LogP) is 3.83. The minimum atomic E-state index is -0.167. The van der Waals surface area contributed by atoms with Gasteiger partial charge < -0.3 is 15.3 Å². The molecular weight excluding hydrogens is 308 g/mol. The fourth-order valence-electron chi connectivity index (χ4n) is 2.44. The van der Waals surface area contributed by atoms with Crippen LogP contribution in [0.15, 0.2) is 23.1 Å². The number of carbonyl (C=O) groups excluding carboxylic acids is 1. The number of thioether (sulfide) groups is 1. The van der Waals surface area contributed by atoms with Gasteiger partial charge in [0.25, 0.3) is 0 Å². The Morgan fingerprint density at radius 2 is 2.33 bits per heavy atom. The van der Waals surface area contributed by atoms with Crippen molar-refractivity contribution >= 4 is 35.1 Å². The quantitative estimate of drug-likeness (QED) is 0.826. The van der Waals surface area contributed by atoms with Crippen molar-refractivity contribution in [3.63, 3.8) is 0 Å². The van der Waals surface area contributed by atoms with Gasteiger partial charge in [-0.05, 0) is 25.0 Å². The van der Waals surface area contributed by atoms with E-state index in [0.717, 1.165) is 23.4 Å². The number of carbonyl (C=O) groups is 1. The van der Waals surface area contributed by atoms with Gasteiger partial charge in [-0.3, -0.25) is 0 Å². The maximum absolute atomic E-state index is 12.4. The van der Waals surface area contributed by atoms with Crippen LogP contribution in [-0.2, 0) is 0 Å². The number of nitrogens with zero attached hydrogens (tertiary/aromatic N) is 1. The Morgan fingerprint density at radius 1 is 1.57 bits per heavy atom. The number of likely N-dealkylation sites (tertiary alicyclic amines) is 1. The molecule has 4 nitrogen and oxygen atoms in total. The van der Waals surface area contributed by atoms with Crippen LogP contribution in [0.2, 0.25) is 5.02 Å². The Hall–Kier alpha value is -0.910. The first-order valence-corrected chi connectivity index (χ1v) is 8.42. The summed E-state index contributed by atoms with van der Waals surface area (Å²) in [6, 6.07) is 5.27. The maximum atomic E-state index is 12.4. The molecule has 116 valence electrons. The van der Waals surface area contributed by atoms with Gasteiger partial charge in [0.1, 0.15) is 0 Å². The van der Waals surface area contributed by atoms with Crippen molar-refractivity contribution in [2.45, 2.75) is 42.9 Å². The van der Waals surface area contributed by atoms with E-state index in [2.05, 4.69) is 19.2 Å². The molecule has 1 heterocycles. The number of amides is 2. The van der Waals surface area contributed by atoms with Crippen LogP contribution >= 0.6 is 23.4 Å². The van der Waals surface area contributed by atoms with E-state index < -0.39 is 0 Å². The lowest BCUT2D eigenvalue weighted by atomic mass is 10.2. The van der Waals surface area contributed by atoms with Gasteiger partial charge in [-0.2, -0.15) is 0 Å². The Labute approximate surface area is 134 Å². The second-order valence-corrected chi connectivity index (χ2v) is 7.38. The third-order valence-corrected chi connectivity index (χ3v) is 4.98. The number of benzene rings is 1. The van der Waals surface area contributed by atoms with Gasteiger partial charge in [-0.15, -0.1) is 11.8 Å². The molecular formula is C15H21ClN2O2S. The molecule has 2 N–H and O–H groups in total. The first-order valence-electron chi connectivity index (χ1n) is 7.16. The molecule has 0 aliphatic carbocycles. The van der Waals surface area contributed by atoms with Crippen LogP contribution in [0.3, 0.4) is 0 Å². The first-order chi connectivity index (χ1) is 10.0. The zero-order valence-electron chi connectivity index (χ0n) is 12.3. The zero-order valence-corrected chi connectivity index (χ0v) is 13.9. The molecule has 0 saturated carbocycles. The van der Waals surface area contributed by atoms with Gasteiger partial charge >= 0.3 is 6.03 Å². The highest BCUT2D eigenvalue weighted by Gasteiger charge is 2.28. The number of nitrogens with one attached hydrogen (secondary N) is 1. The molecule has 1 aliphatic rings. The van der Waals surface area contributed by atoms with Gasteiger partial charge in [0.15, 0.2) is 0 Å². The number of anilines is 1. The lowest BCUT2D eigenvalue weighted by Crippen LogP contribution is -2.40. The largest absolute Gasteiger partial charge is 0.394 e. The number of hydrogen-bond acceptors (Lipinski definition) is 3. The normalized spacial score (nSPS) is 18.3. The minimum absolute atomic E-state index is 0.0105. The van der Waals surface area contributed by atoms with Crippen molar-refractivity contribution in [3.8, 4) is 0 Å². The Balaban J connectivity index is 2.15.